The van der Waals surface area contributed by atoms with E-state index >= 15 is 0 Å². The number of hydrogen-bond acceptors (Lipinski definition) is 3. The number of halogens is 2. The molecule has 5 nitrogen and oxygen atoms in total. The number of carbonyl (C=O) groups is 1. The maximum Gasteiger partial charge on any atom is 0.281 e. The van der Waals surface area contributed by atoms with Crippen molar-refractivity contribution in [3.05, 3.63) is 11.4 Å². The van der Waals surface area contributed by atoms with E-state index in [1.807, 2.05) is 0 Å². The molecule has 0 spiro atoms. The Morgan fingerprint density at radius 2 is 2.25 bits per heavy atom. The van der Waals surface area contributed by atoms with Gasteiger partial charge in [-0.2, -0.15) is 0 Å². The van der Waals surface area contributed by atoms with Crippen molar-refractivity contribution in [2.45, 2.75) is 32.2 Å². The van der Waals surface area contributed by atoms with Gasteiger partial charge in [-0.15, -0.1) is 5.10 Å². The summed E-state index contributed by atoms with van der Waals surface area (Å²) in [5.74, 6) is -0.263. The fraction of sp³-hybridized carbons (Fsp3) is 0.667. The van der Waals surface area contributed by atoms with Gasteiger partial charge in [0.25, 0.3) is 6.43 Å². The standard InChI is InChI=1S/C9H12F2N4O/c10-9(11)8-6(3-7(12)16)13-14-15(8)4-5-1-2-5/h5,9H,1-4H2,(H2,12,16). The molecule has 0 radical (unpaired) electrons. The molecule has 1 amide bonds. The second-order valence-corrected chi connectivity index (χ2v) is 3.99. The number of primary amides is 1. The Balaban J connectivity index is 2.22. The van der Waals surface area contributed by atoms with Crippen molar-refractivity contribution in [2.24, 2.45) is 11.7 Å². The number of hydrogen-bond donors (Lipinski definition) is 1. The molecule has 0 aromatic carbocycles. The quantitative estimate of drug-likeness (QED) is 0.807. The summed E-state index contributed by atoms with van der Waals surface area (Å²) < 4.78 is 26.8. The number of rotatable bonds is 5. The average molecular weight is 230 g/mol. The predicted molar refractivity (Wildman–Crippen MR) is 50.6 cm³/mol. The van der Waals surface area contributed by atoms with Crippen molar-refractivity contribution in [3.8, 4) is 0 Å². The van der Waals surface area contributed by atoms with Gasteiger partial charge in [0.05, 0.1) is 6.42 Å². The molecule has 1 fully saturated rings. The number of alkyl halides is 2. The summed E-state index contributed by atoms with van der Waals surface area (Å²) in [5, 5.41) is 7.24. The maximum atomic E-state index is 12.8. The zero-order valence-corrected chi connectivity index (χ0v) is 8.57. The lowest BCUT2D eigenvalue weighted by Gasteiger charge is -2.05. The van der Waals surface area contributed by atoms with Gasteiger partial charge < -0.3 is 5.73 Å². The highest BCUT2D eigenvalue weighted by Gasteiger charge is 2.28. The van der Waals surface area contributed by atoms with Gasteiger partial charge in [-0.3, -0.25) is 4.79 Å². The van der Waals surface area contributed by atoms with E-state index in [-0.39, 0.29) is 17.8 Å². The summed E-state index contributed by atoms with van der Waals surface area (Å²) in [7, 11) is 0. The molecule has 1 aliphatic rings. The lowest BCUT2D eigenvalue weighted by atomic mass is 10.2. The van der Waals surface area contributed by atoms with E-state index < -0.39 is 12.3 Å². The maximum absolute atomic E-state index is 12.8. The van der Waals surface area contributed by atoms with Crippen LogP contribution >= 0.6 is 0 Å². The molecule has 1 heterocycles. The summed E-state index contributed by atoms with van der Waals surface area (Å²) in [5.41, 5.74) is 4.67. The van der Waals surface area contributed by atoms with Crippen molar-refractivity contribution in [1.29, 1.82) is 0 Å². The number of carbonyl (C=O) groups excluding carboxylic acids is 1. The molecular formula is C9H12F2N4O. The molecule has 1 aromatic rings. The van der Waals surface area contributed by atoms with Crippen molar-refractivity contribution in [3.63, 3.8) is 0 Å². The molecule has 2 rings (SSSR count). The molecule has 1 saturated carbocycles. The lowest BCUT2D eigenvalue weighted by Crippen LogP contribution is -2.16. The molecule has 1 aliphatic carbocycles. The van der Waals surface area contributed by atoms with Gasteiger partial charge in [-0.1, -0.05) is 5.21 Å². The first kappa shape index (κ1) is 11.0. The minimum absolute atomic E-state index is 0.0110. The van der Waals surface area contributed by atoms with E-state index in [0.717, 1.165) is 12.8 Å². The second-order valence-electron chi connectivity index (χ2n) is 3.99. The van der Waals surface area contributed by atoms with Crippen LogP contribution in [0.2, 0.25) is 0 Å². The Morgan fingerprint density at radius 1 is 1.56 bits per heavy atom. The van der Waals surface area contributed by atoms with E-state index in [1.165, 1.54) is 4.68 Å². The number of nitrogens with zero attached hydrogens (tertiary/aromatic N) is 3. The highest BCUT2D eigenvalue weighted by atomic mass is 19.3. The van der Waals surface area contributed by atoms with E-state index in [0.29, 0.717) is 12.5 Å². The molecule has 1 aromatic heterocycles. The smallest absolute Gasteiger partial charge is 0.281 e. The van der Waals surface area contributed by atoms with Crippen LogP contribution in [0.4, 0.5) is 8.78 Å². The van der Waals surface area contributed by atoms with Crippen LogP contribution < -0.4 is 5.73 Å². The third kappa shape index (κ3) is 2.34. The molecule has 0 unspecified atom stereocenters. The summed E-state index contributed by atoms with van der Waals surface area (Å²) in [4.78, 5) is 10.7. The third-order valence-electron chi connectivity index (χ3n) is 2.52. The molecule has 88 valence electrons. The largest absolute Gasteiger partial charge is 0.369 e. The summed E-state index contributed by atoms with van der Waals surface area (Å²) in [6.45, 7) is 0.450. The number of nitrogens with two attached hydrogens (primary N) is 1. The van der Waals surface area contributed by atoms with Crippen LogP contribution in [0.5, 0.6) is 0 Å². The van der Waals surface area contributed by atoms with E-state index in [2.05, 4.69) is 10.3 Å². The van der Waals surface area contributed by atoms with Crippen LogP contribution in [0.15, 0.2) is 0 Å². The van der Waals surface area contributed by atoms with E-state index in [9.17, 15) is 13.6 Å². The molecule has 0 bridgehead atoms. The van der Waals surface area contributed by atoms with Crippen LogP contribution in [-0.2, 0) is 17.8 Å². The van der Waals surface area contributed by atoms with Crippen molar-refractivity contribution in [1.82, 2.24) is 15.0 Å². The van der Waals surface area contributed by atoms with Crippen molar-refractivity contribution >= 4 is 5.91 Å². The van der Waals surface area contributed by atoms with Crippen molar-refractivity contribution < 1.29 is 13.6 Å². The van der Waals surface area contributed by atoms with Gasteiger partial charge in [-0.05, 0) is 18.8 Å². The van der Waals surface area contributed by atoms with Crippen molar-refractivity contribution in [2.75, 3.05) is 0 Å². The Labute approximate surface area is 90.6 Å². The van der Waals surface area contributed by atoms with Gasteiger partial charge in [0.2, 0.25) is 5.91 Å². The minimum Gasteiger partial charge on any atom is -0.369 e. The highest BCUT2D eigenvalue weighted by molar-refractivity contribution is 5.76. The Bertz CT molecular complexity index is 400. The van der Waals surface area contributed by atoms with Gasteiger partial charge >= 0.3 is 0 Å². The number of amides is 1. The first-order chi connectivity index (χ1) is 7.58. The van der Waals surface area contributed by atoms with Crippen LogP contribution in [0.25, 0.3) is 0 Å². The first-order valence-electron chi connectivity index (χ1n) is 5.06. The molecular weight excluding hydrogens is 218 g/mol. The summed E-state index contributed by atoms with van der Waals surface area (Å²) in [6, 6.07) is 0. The Morgan fingerprint density at radius 3 is 2.75 bits per heavy atom. The topological polar surface area (TPSA) is 73.8 Å². The molecule has 7 heteroatoms. The van der Waals surface area contributed by atoms with E-state index in [1.54, 1.807) is 0 Å². The van der Waals surface area contributed by atoms with Crippen LogP contribution in [0.1, 0.15) is 30.7 Å². The molecule has 2 N–H and O–H groups in total. The zero-order chi connectivity index (χ0) is 11.7. The second kappa shape index (κ2) is 4.15. The average Bonchev–Trinajstić information content (AvgIpc) is 2.87. The monoisotopic (exact) mass is 230 g/mol. The third-order valence-corrected chi connectivity index (χ3v) is 2.52. The van der Waals surface area contributed by atoms with Gasteiger partial charge in [0, 0.05) is 6.54 Å². The molecule has 0 saturated heterocycles. The zero-order valence-electron chi connectivity index (χ0n) is 8.57. The fourth-order valence-electron chi connectivity index (χ4n) is 1.57. The van der Waals surface area contributed by atoms with Crippen LogP contribution in [0.3, 0.4) is 0 Å². The van der Waals surface area contributed by atoms with Gasteiger partial charge in [0.15, 0.2) is 0 Å². The molecule has 16 heavy (non-hydrogen) atoms. The van der Waals surface area contributed by atoms with Crippen LogP contribution in [-0.4, -0.2) is 20.9 Å². The minimum atomic E-state index is -2.68. The number of aromatic nitrogens is 3. The summed E-state index contributed by atoms with van der Waals surface area (Å²) in [6.07, 6.45) is -0.894. The normalized spacial score (nSPS) is 15.7. The fourth-order valence-corrected chi connectivity index (χ4v) is 1.57. The Hall–Kier alpha value is -1.53. The highest BCUT2D eigenvalue weighted by Crippen LogP contribution is 2.32. The summed E-state index contributed by atoms with van der Waals surface area (Å²) >= 11 is 0. The van der Waals surface area contributed by atoms with Gasteiger partial charge in [0.1, 0.15) is 11.4 Å². The first-order valence-corrected chi connectivity index (χ1v) is 5.06. The lowest BCUT2D eigenvalue weighted by molar-refractivity contribution is -0.117. The van der Waals surface area contributed by atoms with Crippen LogP contribution in [0, 0.1) is 5.92 Å². The molecule has 0 aliphatic heterocycles. The molecule has 0 atom stereocenters. The predicted octanol–water partition coefficient (Wildman–Crippen LogP) is 0.653. The Kier molecular flexibility index (Phi) is 2.84. The van der Waals surface area contributed by atoms with E-state index in [4.69, 9.17) is 5.73 Å². The van der Waals surface area contributed by atoms with Gasteiger partial charge in [-0.25, -0.2) is 13.5 Å². The SMILES string of the molecule is NC(=O)Cc1nnn(CC2CC2)c1C(F)F.